The van der Waals surface area contributed by atoms with Crippen molar-refractivity contribution in [1.29, 1.82) is 0 Å². The molecule has 0 aromatic heterocycles. The van der Waals surface area contributed by atoms with E-state index < -0.39 is 11.4 Å². The Bertz CT molecular complexity index is 158. The zero-order valence-corrected chi connectivity index (χ0v) is 25.0. The van der Waals surface area contributed by atoms with Crippen molar-refractivity contribution in [3.05, 3.63) is 0 Å². The third kappa shape index (κ3) is 752. The molecular weight excluding hydrogens is 936 g/mol. The van der Waals surface area contributed by atoms with Crippen molar-refractivity contribution >= 4 is 59.5 Å². The summed E-state index contributed by atoms with van der Waals surface area (Å²) in [7, 11) is 0. The predicted octanol–water partition coefficient (Wildman–Crippen LogP) is 1.05. The average molecular weight is 960 g/mol. The van der Waals surface area contributed by atoms with Crippen LogP contribution in [0, 0.1) is 0 Å². The smallest absolute Gasteiger partial charge is 0.850 e. The Morgan fingerprint density at radius 1 is 0.524 bits per heavy atom. The van der Waals surface area contributed by atoms with Gasteiger partial charge in [-0.2, -0.15) is 23.6 Å². The average Bonchev–Trinajstić information content (AvgIpc) is 2.24. The zero-order chi connectivity index (χ0) is 17.0. The molecule has 0 spiro atoms. The molecule has 0 amide bonds. The van der Waals surface area contributed by atoms with E-state index in [0.29, 0.717) is 0 Å². The van der Waals surface area contributed by atoms with E-state index in [0.717, 1.165) is 0 Å². The molecule has 0 aromatic carbocycles. The van der Waals surface area contributed by atoms with Crippen molar-refractivity contribution < 1.29 is 82.8 Å². The molecule has 0 aliphatic rings. The fourth-order valence-corrected chi connectivity index (χ4v) is 0. The van der Waals surface area contributed by atoms with Crippen LogP contribution >= 0.6 is 11.4 Å². The van der Waals surface area contributed by atoms with Gasteiger partial charge in [-0.1, -0.05) is 55.4 Å². The number of rotatable bonds is 0. The molecular formula is C8H24O4P2Pt3S4. The molecule has 21 heavy (non-hydrogen) atoms. The van der Waals surface area contributed by atoms with Crippen LogP contribution in [0.4, 0.5) is 0 Å². The quantitative estimate of drug-likeness (QED) is 0.264. The Kier molecular flexibility index (Phi) is 133. The van der Waals surface area contributed by atoms with E-state index in [1.165, 1.54) is 0 Å². The molecule has 4 nitrogen and oxygen atoms in total. The molecule has 0 aliphatic carbocycles. The first-order chi connectivity index (χ1) is 8.00. The van der Waals surface area contributed by atoms with Gasteiger partial charge in [0.05, 0.1) is 0 Å². The molecule has 0 aromatic rings. The van der Waals surface area contributed by atoms with E-state index in [2.05, 4.69) is 48.1 Å². The Balaban J connectivity index is -0.0000000122. The first kappa shape index (κ1) is 56.3. The molecule has 13 heteroatoms. The summed E-state index contributed by atoms with van der Waals surface area (Å²) in [6.45, 7) is 16.0. The maximum atomic E-state index is 9.29. The first-order valence-corrected chi connectivity index (χ1v) is 12.8. The van der Waals surface area contributed by atoms with Crippen LogP contribution < -0.4 is 19.6 Å². The van der Waals surface area contributed by atoms with Crippen molar-refractivity contribution in [1.82, 2.24) is 0 Å². The van der Waals surface area contributed by atoms with Gasteiger partial charge in [0, 0.05) is 0 Å². The number of hydrogen-bond acceptors (Lipinski definition) is 8. The minimum atomic E-state index is -3.72. The van der Waals surface area contributed by atoms with Gasteiger partial charge < -0.3 is 55.5 Å². The van der Waals surface area contributed by atoms with E-state index >= 15 is 0 Å². The second-order valence-electron chi connectivity index (χ2n) is 0.894. The second kappa shape index (κ2) is 49.6. The summed E-state index contributed by atoms with van der Waals surface area (Å²) in [4.78, 5) is 37.2. The molecule has 144 valence electrons. The minimum Gasteiger partial charge on any atom is -0.850 e. The van der Waals surface area contributed by atoms with E-state index in [9.17, 15) is 19.6 Å². The molecule has 0 unspecified atom stereocenters. The fourth-order valence-electron chi connectivity index (χ4n) is 0. The van der Waals surface area contributed by atoms with Crippen LogP contribution in [0.5, 0.6) is 0 Å². The Morgan fingerprint density at radius 2 is 0.524 bits per heavy atom. The van der Waals surface area contributed by atoms with Crippen LogP contribution in [0.15, 0.2) is 0 Å². The molecule has 0 radical (unpaired) electrons. The van der Waals surface area contributed by atoms with Crippen LogP contribution in [-0.2, 0) is 111 Å². The zero-order valence-electron chi connectivity index (χ0n) is 13.1. The molecule has 0 heterocycles. The van der Waals surface area contributed by atoms with E-state index in [1.807, 2.05) is 55.4 Å². The summed E-state index contributed by atoms with van der Waals surface area (Å²) in [5.41, 5.74) is -7.44. The summed E-state index contributed by atoms with van der Waals surface area (Å²) in [5.74, 6) is 0. The Morgan fingerprint density at radius 3 is 0.524 bits per heavy atom. The first-order valence-electron chi connectivity index (χ1n) is 5.46. The van der Waals surface area contributed by atoms with Gasteiger partial charge in [-0.25, -0.2) is 0 Å². The molecule has 0 aliphatic heterocycles. The van der Waals surface area contributed by atoms with Crippen molar-refractivity contribution in [3.63, 3.8) is 0 Å². The maximum Gasteiger partial charge on any atom is 2.00 e. The molecule has 0 N–H and O–H groups in total. The topological polar surface area (TPSA) is 92.2 Å². The van der Waals surface area contributed by atoms with E-state index in [4.69, 9.17) is 0 Å². The van der Waals surface area contributed by atoms with Crippen molar-refractivity contribution in [2.75, 3.05) is 0 Å². The maximum absolute atomic E-state index is 9.29. The molecule has 0 atom stereocenters. The van der Waals surface area contributed by atoms with Crippen LogP contribution in [0.2, 0.25) is 0 Å². The molecule has 0 rings (SSSR count). The van der Waals surface area contributed by atoms with Crippen LogP contribution in [0.3, 0.4) is 0 Å². The number of hydrogen-bond donors (Lipinski definition) is 0. The standard InChI is InChI=1S/4C2H6.2H3O2PS2.3Pt/c4*1-2;2*1-3(2,4)5;;;/h4*1-2H3;2*(H3,1,2,4,5);;;/q;;;;;;3*+2/p-6. The Labute approximate surface area is 195 Å². The summed E-state index contributed by atoms with van der Waals surface area (Å²) in [6, 6.07) is 0. The predicted molar refractivity (Wildman–Crippen MR) is 88.7 cm³/mol. The minimum absolute atomic E-state index is 0. The fraction of sp³-hybridized carbons (Fsp3) is 1.00. The van der Waals surface area contributed by atoms with E-state index in [1.54, 1.807) is 0 Å². The summed E-state index contributed by atoms with van der Waals surface area (Å²) < 4.78 is 0. The van der Waals surface area contributed by atoms with Gasteiger partial charge >= 0.3 is 63.2 Å². The van der Waals surface area contributed by atoms with Gasteiger partial charge in [0.1, 0.15) is 0 Å². The summed E-state index contributed by atoms with van der Waals surface area (Å²) in [6.07, 6.45) is 0. The van der Waals surface area contributed by atoms with Gasteiger partial charge in [0.25, 0.3) is 0 Å². The van der Waals surface area contributed by atoms with Gasteiger partial charge in [0.15, 0.2) is 0 Å². The van der Waals surface area contributed by atoms with Gasteiger partial charge in [-0.05, 0) is 0 Å². The largest absolute Gasteiger partial charge is 2.00 e. The van der Waals surface area contributed by atoms with Crippen LogP contribution in [0.1, 0.15) is 55.4 Å². The second-order valence-corrected chi connectivity index (χ2v) is 9.84. The third-order valence-electron chi connectivity index (χ3n) is 0. The van der Waals surface area contributed by atoms with Gasteiger partial charge in [-0.3, -0.25) is 0 Å². The third-order valence-corrected chi connectivity index (χ3v) is 0. The Hall–Kier alpha value is 3.90. The monoisotopic (exact) mass is 959 g/mol. The van der Waals surface area contributed by atoms with Crippen molar-refractivity contribution in [2.45, 2.75) is 55.4 Å². The normalized spacial score (nSPS) is 6.76. The van der Waals surface area contributed by atoms with E-state index in [-0.39, 0.29) is 63.2 Å². The van der Waals surface area contributed by atoms with Crippen LogP contribution in [-0.4, -0.2) is 0 Å². The molecule has 0 saturated carbocycles. The van der Waals surface area contributed by atoms with Gasteiger partial charge in [0.2, 0.25) is 0 Å². The summed E-state index contributed by atoms with van der Waals surface area (Å²) >= 11 is 14.6. The van der Waals surface area contributed by atoms with Crippen LogP contribution in [0.25, 0.3) is 0 Å². The SMILES string of the molecule is CC.CC.CC.CC.[O-]P([O-])(=S)[S-].[O-]P([O-])(=S)[S-].[Pt+2].[Pt+2].[Pt+2]. The van der Waals surface area contributed by atoms with Crippen molar-refractivity contribution in [2.24, 2.45) is 0 Å². The molecule has 0 saturated heterocycles. The molecule has 0 fully saturated rings. The summed E-state index contributed by atoms with van der Waals surface area (Å²) in [5, 5.41) is 0. The van der Waals surface area contributed by atoms with Crippen molar-refractivity contribution in [3.8, 4) is 0 Å². The molecule has 0 bridgehead atoms. The van der Waals surface area contributed by atoms with Gasteiger partial charge in [-0.15, -0.1) is 0 Å².